The fraction of sp³-hybridized carbons (Fsp3) is 0.333. The Morgan fingerprint density at radius 2 is 1.91 bits per heavy atom. The molecule has 0 radical (unpaired) electrons. The third-order valence-electron chi connectivity index (χ3n) is 5.86. The minimum absolute atomic E-state index is 0.0513. The zero-order valence-corrected chi connectivity index (χ0v) is 18.6. The average molecular weight is 456 g/mol. The zero-order chi connectivity index (χ0) is 23.4. The van der Waals surface area contributed by atoms with Crippen LogP contribution in [0.1, 0.15) is 11.5 Å². The number of methoxy groups -OCH3 is 1. The van der Waals surface area contributed by atoms with Crippen LogP contribution in [-0.2, 0) is 11.8 Å². The van der Waals surface area contributed by atoms with Crippen LogP contribution < -0.4 is 10.6 Å². The number of aromatic nitrogens is 2. The minimum atomic E-state index is -0.372. The second kappa shape index (κ2) is 10.1. The summed E-state index contributed by atoms with van der Waals surface area (Å²) in [7, 11) is 3.37. The van der Waals surface area contributed by atoms with Crippen molar-refractivity contribution in [3.63, 3.8) is 0 Å². The monoisotopic (exact) mass is 455 g/mol. The van der Waals surface area contributed by atoms with Gasteiger partial charge in [-0.3, -0.25) is 14.9 Å². The van der Waals surface area contributed by atoms with E-state index in [-0.39, 0.29) is 29.6 Å². The van der Waals surface area contributed by atoms with Crippen LogP contribution in [0.3, 0.4) is 0 Å². The predicted molar refractivity (Wildman–Crippen MR) is 122 cm³/mol. The van der Waals surface area contributed by atoms with Crippen LogP contribution in [0.4, 0.5) is 19.4 Å². The summed E-state index contributed by atoms with van der Waals surface area (Å²) in [6.45, 7) is 2.63. The lowest BCUT2D eigenvalue weighted by Crippen LogP contribution is -2.42. The number of hydrogen-bond donors (Lipinski definition) is 2. The number of halogens is 2. The van der Waals surface area contributed by atoms with Gasteiger partial charge in [0.2, 0.25) is 0 Å². The normalized spacial score (nSPS) is 18.4. The Kier molecular flexibility index (Phi) is 7.00. The van der Waals surface area contributed by atoms with E-state index >= 15 is 0 Å². The van der Waals surface area contributed by atoms with E-state index in [9.17, 15) is 13.6 Å². The van der Waals surface area contributed by atoms with Crippen molar-refractivity contribution >= 4 is 11.8 Å². The standard InChI is InChI=1S/C24H27F2N5O2/c1-30-23(13-21(29-30)16-6-8-18(25)9-7-16)28-24(32)27-22-15-31(10-11-33-2)14-20(22)17-4-3-5-19(26)12-17/h3-9,12-13,20,22H,10-11,14-15H2,1-2H3,(H2,27,28,32)/t20-,22?/m0/s1. The molecule has 1 unspecified atom stereocenters. The van der Waals surface area contributed by atoms with Crippen LogP contribution in [0.25, 0.3) is 11.3 Å². The Morgan fingerprint density at radius 1 is 1.12 bits per heavy atom. The number of rotatable bonds is 7. The van der Waals surface area contributed by atoms with Crippen LogP contribution in [-0.4, -0.2) is 60.1 Å². The van der Waals surface area contributed by atoms with E-state index in [1.54, 1.807) is 43.1 Å². The summed E-state index contributed by atoms with van der Waals surface area (Å²) in [4.78, 5) is 15.0. The first-order chi connectivity index (χ1) is 15.9. The molecule has 1 saturated heterocycles. The number of carbonyl (C=O) groups is 1. The van der Waals surface area contributed by atoms with E-state index in [2.05, 4.69) is 20.6 Å². The Bertz CT molecular complexity index is 1100. The van der Waals surface area contributed by atoms with Gasteiger partial charge < -0.3 is 10.1 Å². The smallest absolute Gasteiger partial charge is 0.320 e. The number of hydrogen-bond acceptors (Lipinski definition) is 4. The van der Waals surface area contributed by atoms with Crippen molar-refractivity contribution in [1.82, 2.24) is 20.0 Å². The number of urea groups is 1. The number of aryl methyl sites for hydroxylation is 1. The number of anilines is 1. The van der Waals surface area contributed by atoms with Gasteiger partial charge in [0.25, 0.3) is 0 Å². The lowest BCUT2D eigenvalue weighted by molar-refractivity contribution is 0.159. The van der Waals surface area contributed by atoms with Crippen LogP contribution in [0, 0.1) is 11.6 Å². The number of benzene rings is 2. The molecule has 2 heterocycles. The van der Waals surface area contributed by atoms with E-state index in [0.717, 1.165) is 17.7 Å². The van der Waals surface area contributed by atoms with Crippen molar-refractivity contribution in [2.75, 3.05) is 38.7 Å². The van der Waals surface area contributed by atoms with E-state index in [0.29, 0.717) is 31.2 Å². The van der Waals surface area contributed by atoms with Crippen LogP contribution in [0.2, 0.25) is 0 Å². The molecule has 0 aliphatic carbocycles. The molecule has 1 aromatic heterocycles. The number of nitrogens with one attached hydrogen (secondary N) is 2. The van der Waals surface area contributed by atoms with Gasteiger partial charge in [-0.05, 0) is 42.0 Å². The first kappa shape index (κ1) is 22.9. The molecule has 1 fully saturated rings. The summed E-state index contributed by atoms with van der Waals surface area (Å²) in [6.07, 6.45) is 0. The number of nitrogens with zero attached hydrogens (tertiary/aromatic N) is 3. The molecule has 1 aliphatic heterocycles. The Labute approximate surface area is 191 Å². The second-order valence-electron chi connectivity index (χ2n) is 8.16. The summed E-state index contributed by atoms with van der Waals surface area (Å²) >= 11 is 0. The molecule has 0 spiro atoms. The highest BCUT2D eigenvalue weighted by Crippen LogP contribution is 2.28. The summed E-state index contributed by atoms with van der Waals surface area (Å²) in [6, 6.07) is 13.7. The van der Waals surface area contributed by atoms with Gasteiger partial charge in [0.1, 0.15) is 17.5 Å². The molecule has 0 saturated carbocycles. The molecule has 33 heavy (non-hydrogen) atoms. The van der Waals surface area contributed by atoms with Gasteiger partial charge in [-0.25, -0.2) is 13.6 Å². The zero-order valence-electron chi connectivity index (χ0n) is 18.6. The summed E-state index contributed by atoms with van der Waals surface area (Å²) in [5.41, 5.74) is 2.22. The summed E-state index contributed by atoms with van der Waals surface area (Å²) in [5, 5.41) is 10.3. The van der Waals surface area contributed by atoms with Crippen molar-refractivity contribution < 1.29 is 18.3 Å². The van der Waals surface area contributed by atoms with Gasteiger partial charge in [-0.1, -0.05) is 12.1 Å². The van der Waals surface area contributed by atoms with Crippen molar-refractivity contribution in [2.24, 2.45) is 7.05 Å². The molecule has 2 N–H and O–H groups in total. The maximum atomic E-state index is 13.8. The summed E-state index contributed by atoms with van der Waals surface area (Å²) < 4.78 is 33.8. The highest BCUT2D eigenvalue weighted by Gasteiger charge is 2.35. The molecule has 1 aliphatic rings. The Morgan fingerprint density at radius 3 is 2.64 bits per heavy atom. The molecule has 2 amide bonds. The SMILES string of the molecule is COCCN1CC(NC(=O)Nc2cc(-c3ccc(F)cc3)nn2C)[C@H](c2cccc(F)c2)C1. The van der Waals surface area contributed by atoms with Crippen molar-refractivity contribution in [3.05, 3.63) is 71.8 Å². The number of likely N-dealkylation sites (tertiary alicyclic amines) is 1. The average Bonchev–Trinajstić information content (AvgIpc) is 3.36. The lowest BCUT2D eigenvalue weighted by Gasteiger charge is -2.20. The third-order valence-corrected chi connectivity index (χ3v) is 5.86. The largest absolute Gasteiger partial charge is 0.383 e. The highest BCUT2D eigenvalue weighted by atomic mass is 19.1. The topological polar surface area (TPSA) is 71.4 Å². The van der Waals surface area contributed by atoms with Gasteiger partial charge in [0.05, 0.1) is 18.3 Å². The van der Waals surface area contributed by atoms with Crippen molar-refractivity contribution in [1.29, 1.82) is 0 Å². The van der Waals surface area contributed by atoms with E-state index in [1.165, 1.54) is 24.3 Å². The van der Waals surface area contributed by atoms with E-state index < -0.39 is 0 Å². The van der Waals surface area contributed by atoms with Crippen LogP contribution in [0.15, 0.2) is 54.6 Å². The second-order valence-corrected chi connectivity index (χ2v) is 8.16. The fourth-order valence-corrected chi connectivity index (χ4v) is 4.18. The lowest BCUT2D eigenvalue weighted by atomic mass is 9.94. The molecular formula is C24H27F2N5O2. The quantitative estimate of drug-likeness (QED) is 0.571. The molecular weight excluding hydrogens is 428 g/mol. The Balaban J connectivity index is 1.46. The van der Waals surface area contributed by atoms with Crippen molar-refractivity contribution in [2.45, 2.75) is 12.0 Å². The van der Waals surface area contributed by atoms with Crippen LogP contribution in [0.5, 0.6) is 0 Å². The summed E-state index contributed by atoms with van der Waals surface area (Å²) in [5.74, 6) is -0.168. The first-order valence-electron chi connectivity index (χ1n) is 10.8. The van der Waals surface area contributed by atoms with E-state index in [1.807, 2.05) is 6.07 Å². The van der Waals surface area contributed by atoms with Crippen molar-refractivity contribution in [3.8, 4) is 11.3 Å². The first-order valence-corrected chi connectivity index (χ1v) is 10.8. The number of carbonyl (C=O) groups excluding carboxylic acids is 1. The molecule has 4 rings (SSSR count). The maximum absolute atomic E-state index is 13.8. The minimum Gasteiger partial charge on any atom is -0.383 e. The number of ether oxygens (including phenoxy) is 1. The molecule has 9 heteroatoms. The van der Waals surface area contributed by atoms with Gasteiger partial charge in [0, 0.05) is 51.3 Å². The number of amides is 2. The van der Waals surface area contributed by atoms with Crippen LogP contribution >= 0.6 is 0 Å². The third kappa shape index (κ3) is 5.55. The Hall–Kier alpha value is -3.30. The molecule has 0 bridgehead atoms. The molecule has 2 atom stereocenters. The highest BCUT2D eigenvalue weighted by molar-refractivity contribution is 5.89. The van der Waals surface area contributed by atoms with Gasteiger partial charge in [-0.2, -0.15) is 5.10 Å². The fourth-order valence-electron chi connectivity index (χ4n) is 4.18. The maximum Gasteiger partial charge on any atom is 0.320 e. The van der Waals surface area contributed by atoms with Gasteiger partial charge in [-0.15, -0.1) is 0 Å². The van der Waals surface area contributed by atoms with Gasteiger partial charge in [0.15, 0.2) is 0 Å². The van der Waals surface area contributed by atoms with E-state index in [4.69, 9.17) is 4.74 Å². The molecule has 7 nitrogen and oxygen atoms in total. The molecule has 174 valence electrons. The predicted octanol–water partition coefficient (Wildman–Crippen LogP) is 3.60. The molecule has 2 aromatic carbocycles. The van der Waals surface area contributed by atoms with Gasteiger partial charge >= 0.3 is 6.03 Å². The molecule has 3 aromatic rings.